The van der Waals surface area contributed by atoms with Crippen LogP contribution in [0.4, 0.5) is 21.7 Å². The van der Waals surface area contributed by atoms with Crippen molar-refractivity contribution in [1.29, 1.82) is 0 Å². The minimum Gasteiger partial charge on any atom is -0.393 e. The number of rotatable bonds is 4. The summed E-state index contributed by atoms with van der Waals surface area (Å²) in [6, 6.07) is 5.99. The molecule has 0 fully saturated rings. The van der Waals surface area contributed by atoms with Gasteiger partial charge in [-0.3, -0.25) is 9.25 Å². The molecule has 0 unspecified atom stereocenters. The summed E-state index contributed by atoms with van der Waals surface area (Å²) in [5, 5.41) is 7.41. The molecule has 0 aliphatic carbocycles. The van der Waals surface area contributed by atoms with Gasteiger partial charge in [0.05, 0.1) is 23.3 Å². The summed E-state index contributed by atoms with van der Waals surface area (Å²) in [5.74, 6) is 1.66. The van der Waals surface area contributed by atoms with Crippen LogP contribution in [0.5, 0.6) is 0 Å². The quantitative estimate of drug-likeness (QED) is 0.504. The summed E-state index contributed by atoms with van der Waals surface area (Å²) in [4.78, 5) is 12.7. The van der Waals surface area contributed by atoms with Crippen LogP contribution in [-0.4, -0.2) is 29.3 Å². The first-order chi connectivity index (χ1) is 13.0. The lowest BCUT2D eigenvalue weighted by molar-refractivity contribution is 0.628. The van der Waals surface area contributed by atoms with Gasteiger partial charge in [0.25, 0.3) is 0 Å². The Hall–Kier alpha value is -3.69. The topological polar surface area (TPSA) is 125 Å². The first-order valence-electron chi connectivity index (χ1n) is 8.24. The summed E-state index contributed by atoms with van der Waals surface area (Å²) >= 11 is 0. The van der Waals surface area contributed by atoms with Crippen LogP contribution in [0.2, 0.25) is 0 Å². The molecule has 0 aliphatic heterocycles. The predicted molar refractivity (Wildman–Crippen MR) is 101 cm³/mol. The van der Waals surface area contributed by atoms with E-state index < -0.39 is 0 Å². The number of fused-ring (bicyclic) bond motifs is 1. The number of hydrogen-bond donors (Lipinski definition) is 3. The largest absolute Gasteiger partial charge is 0.393 e. The Balaban J connectivity index is 1.86. The maximum absolute atomic E-state index is 13.9. The first kappa shape index (κ1) is 16.8. The lowest BCUT2D eigenvalue weighted by Crippen LogP contribution is -2.17. The van der Waals surface area contributed by atoms with Crippen LogP contribution in [0.15, 0.2) is 36.8 Å². The van der Waals surface area contributed by atoms with Crippen molar-refractivity contribution in [2.75, 3.05) is 16.8 Å². The maximum Gasteiger partial charge on any atom is 0.155 e. The molecule has 1 atom stereocenters. The fraction of sp³-hybridized carbons (Fsp3) is 0.176. The Morgan fingerprint density at radius 1 is 1.19 bits per heavy atom. The second-order valence-electron chi connectivity index (χ2n) is 6.14. The molecule has 0 amide bonds. The third kappa shape index (κ3) is 2.80. The monoisotopic (exact) mass is 367 g/mol. The zero-order valence-electron chi connectivity index (χ0n) is 14.8. The van der Waals surface area contributed by atoms with E-state index in [1.807, 2.05) is 24.6 Å². The van der Waals surface area contributed by atoms with E-state index >= 15 is 0 Å². The fourth-order valence-electron chi connectivity index (χ4n) is 2.98. The number of nitrogen functional groups attached to an aromatic ring is 2. The molecule has 27 heavy (non-hydrogen) atoms. The van der Waals surface area contributed by atoms with E-state index in [9.17, 15) is 4.39 Å². The van der Waals surface area contributed by atoms with Crippen LogP contribution in [0.25, 0.3) is 16.9 Å². The highest BCUT2D eigenvalue weighted by Gasteiger charge is 2.21. The predicted octanol–water partition coefficient (Wildman–Crippen LogP) is 2.03. The number of aromatic nitrogens is 6. The normalized spacial score (nSPS) is 12.4. The SMILES string of the molecule is C[C@H](Nc1ncnc(N)c1N)c1nc2ccc(F)cc2n1-c1ccnn1C. The molecule has 9 nitrogen and oxygen atoms in total. The van der Waals surface area contributed by atoms with Gasteiger partial charge in [0.15, 0.2) is 11.6 Å². The Bertz CT molecular complexity index is 1130. The van der Waals surface area contributed by atoms with Crippen molar-refractivity contribution in [2.24, 2.45) is 7.05 Å². The molecule has 0 bridgehead atoms. The summed E-state index contributed by atoms with van der Waals surface area (Å²) in [7, 11) is 1.81. The molecule has 10 heteroatoms. The molecule has 0 saturated carbocycles. The third-order valence-electron chi connectivity index (χ3n) is 4.32. The highest BCUT2D eigenvalue weighted by molar-refractivity contribution is 5.78. The Kier molecular flexibility index (Phi) is 3.87. The minimum absolute atomic E-state index is 0.196. The van der Waals surface area contributed by atoms with Crippen molar-refractivity contribution in [2.45, 2.75) is 13.0 Å². The van der Waals surface area contributed by atoms with Crippen molar-refractivity contribution in [3.05, 3.63) is 48.4 Å². The number of anilines is 3. The Labute approximate surface area is 153 Å². The average molecular weight is 367 g/mol. The molecule has 138 valence electrons. The number of nitrogens with one attached hydrogen (secondary N) is 1. The van der Waals surface area contributed by atoms with E-state index in [1.165, 1.54) is 18.5 Å². The van der Waals surface area contributed by atoms with Crippen molar-refractivity contribution in [3.8, 4) is 5.82 Å². The minimum atomic E-state index is -0.342. The fourth-order valence-corrected chi connectivity index (χ4v) is 2.98. The summed E-state index contributed by atoms with van der Waals surface area (Å²) in [6.45, 7) is 1.90. The molecule has 4 rings (SSSR count). The van der Waals surface area contributed by atoms with Crippen LogP contribution in [0.1, 0.15) is 18.8 Å². The van der Waals surface area contributed by atoms with Crippen LogP contribution < -0.4 is 16.8 Å². The molecule has 0 saturated heterocycles. The van der Waals surface area contributed by atoms with E-state index in [-0.39, 0.29) is 23.4 Å². The van der Waals surface area contributed by atoms with Gasteiger partial charge in [-0.15, -0.1) is 0 Å². The van der Waals surface area contributed by atoms with Gasteiger partial charge in [0.1, 0.15) is 29.5 Å². The number of imidazole rings is 1. The van der Waals surface area contributed by atoms with Crippen molar-refractivity contribution < 1.29 is 4.39 Å². The van der Waals surface area contributed by atoms with E-state index in [1.54, 1.807) is 16.9 Å². The van der Waals surface area contributed by atoms with Crippen LogP contribution >= 0.6 is 0 Å². The molecule has 1 aromatic carbocycles. The highest BCUT2D eigenvalue weighted by atomic mass is 19.1. The van der Waals surface area contributed by atoms with E-state index in [0.29, 0.717) is 22.7 Å². The molecule has 0 spiro atoms. The smallest absolute Gasteiger partial charge is 0.155 e. The van der Waals surface area contributed by atoms with Gasteiger partial charge in [0.2, 0.25) is 0 Å². The Morgan fingerprint density at radius 3 is 2.74 bits per heavy atom. The number of aryl methyl sites for hydroxylation is 1. The number of halogens is 1. The van der Waals surface area contributed by atoms with Gasteiger partial charge in [-0.05, 0) is 19.1 Å². The summed E-state index contributed by atoms with van der Waals surface area (Å²) in [6.07, 6.45) is 3.01. The van der Waals surface area contributed by atoms with Gasteiger partial charge >= 0.3 is 0 Å². The molecule has 0 aliphatic rings. The molecular formula is C17H18FN9. The molecule has 5 N–H and O–H groups in total. The zero-order chi connectivity index (χ0) is 19.1. The number of hydrogen-bond acceptors (Lipinski definition) is 7. The summed E-state index contributed by atoms with van der Waals surface area (Å²) in [5.41, 5.74) is 13.3. The van der Waals surface area contributed by atoms with E-state index in [4.69, 9.17) is 11.5 Å². The van der Waals surface area contributed by atoms with Crippen LogP contribution in [0, 0.1) is 5.82 Å². The molecule has 3 heterocycles. The van der Waals surface area contributed by atoms with Crippen molar-refractivity contribution in [3.63, 3.8) is 0 Å². The van der Waals surface area contributed by atoms with E-state index in [0.717, 1.165) is 5.82 Å². The molecule has 4 aromatic rings. The average Bonchev–Trinajstić information content (AvgIpc) is 3.21. The maximum atomic E-state index is 13.9. The second kappa shape index (κ2) is 6.24. The van der Waals surface area contributed by atoms with Crippen LogP contribution in [0.3, 0.4) is 0 Å². The number of nitrogens with zero attached hydrogens (tertiary/aromatic N) is 6. The molecule has 3 aromatic heterocycles. The van der Waals surface area contributed by atoms with Gasteiger partial charge in [-0.25, -0.2) is 19.3 Å². The lowest BCUT2D eigenvalue weighted by Gasteiger charge is -2.18. The standard InChI is InChI=1S/C17H18FN9/c1-9(24-16-14(19)15(20)21-8-22-16)17-25-11-4-3-10(18)7-12(11)27(17)13-5-6-23-26(13)2/h3-9H,19H2,1-2H3,(H3,20,21,22,24)/t9-/m0/s1. The molecular weight excluding hydrogens is 349 g/mol. The third-order valence-corrected chi connectivity index (χ3v) is 4.32. The zero-order valence-corrected chi connectivity index (χ0v) is 14.8. The van der Waals surface area contributed by atoms with Crippen LogP contribution in [-0.2, 0) is 7.05 Å². The second-order valence-corrected chi connectivity index (χ2v) is 6.14. The van der Waals surface area contributed by atoms with Gasteiger partial charge in [0, 0.05) is 19.2 Å². The van der Waals surface area contributed by atoms with Gasteiger partial charge in [-0.1, -0.05) is 0 Å². The van der Waals surface area contributed by atoms with Gasteiger partial charge < -0.3 is 16.8 Å². The number of nitrogens with two attached hydrogens (primary N) is 2. The molecule has 0 radical (unpaired) electrons. The highest BCUT2D eigenvalue weighted by Crippen LogP contribution is 2.29. The van der Waals surface area contributed by atoms with E-state index in [2.05, 4.69) is 25.4 Å². The van der Waals surface area contributed by atoms with Crippen molar-refractivity contribution >= 4 is 28.4 Å². The van der Waals surface area contributed by atoms with Crippen molar-refractivity contribution in [1.82, 2.24) is 29.3 Å². The summed E-state index contributed by atoms with van der Waals surface area (Å²) < 4.78 is 17.4. The van der Waals surface area contributed by atoms with Gasteiger partial charge in [-0.2, -0.15) is 5.10 Å². The lowest BCUT2D eigenvalue weighted by atomic mass is 10.3. The first-order valence-corrected chi connectivity index (χ1v) is 8.24. The number of benzene rings is 1. The Morgan fingerprint density at radius 2 is 2.00 bits per heavy atom.